The molecule has 0 atom stereocenters. The van der Waals surface area contributed by atoms with Crippen molar-refractivity contribution < 1.29 is 9.53 Å². The number of amides is 1. The molecule has 0 unspecified atom stereocenters. The first kappa shape index (κ1) is 21.9. The van der Waals surface area contributed by atoms with Crippen molar-refractivity contribution in [2.24, 2.45) is 5.92 Å². The molecule has 1 amide bonds. The van der Waals surface area contributed by atoms with Gasteiger partial charge in [-0.3, -0.25) is 4.79 Å². The molecule has 2 aromatic carbocycles. The molecule has 0 aliphatic rings. The summed E-state index contributed by atoms with van der Waals surface area (Å²) in [6.45, 7) is 13.4. The number of imidazole rings is 1. The first-order valence-electron chi connectivity index (χ1n) is 11.0. The number of carbonyl (C=O) groups excluding carboxylic acids is 1. The highest BCUT2D eigenvalue weighted by molar-refractivity contribution is 5.98. The molecule has 0 N–H and O–H groups in total. The van der Waals surface area contributed by atoms with E-state index >= 15 is 0 Å². The molecule has 5 heteroatoms. The number of benzene rings is 2. The zero-order valence-corrected chi connectivity index (χ0v) is 18.8. The first-order valence-corrected chi connectivity index (χ1v) is 11.0. The van der Waals surface area contributed by atoms with Crippen LogP contribution in [-0.2, 0) is 6.54 Å². The summed E-state index contributed by atoms with van der Waals surface area (Å²) < 4.78 is 7.86. The lowest BCUT2D eigenvalue weighted by molar-refractivity contribution is 0.0773. The number of rotatable bonds is 9. The van der Waals surface area contributed by atoms with Gasteiger partial charge in [-0.05, 0) is 75.6 Å². The molecule has 3 aromatic rings. The highest BCUT2D eigenvalue weighted by atomic mass is 16.5. The molecule has 0 radical (unpaired) electrons. The van der Waals surface area contributed by atoms with Gasteiger partial charge in [0.05, 0.1) is 17.6 Å². The standard InChI is InChI=1S/C25H33N3O2/c1-6-27(7-2)25(29)20-11-14-23-22(17-20)26-24(28(23)16-15-18(4)5)19-9-12-21(13-10-19)30-8-3/h9-14,17-18H,6-8,15-16H2,1-5H3. The van der Waals surface area contributed by atoms with E-state index in [1.165, 1.54) is 0 Å². The van der Waals surface area contributed by atoms with Gasteiger partial charge in [0.25, 0.3) is 5.91 Å². The SMILES string of the molecule is CCOc1ccc(-c2nc3cc(C(=O)N(CC)CC)ccc3n2CCC(C)C)cc1. The van der Waals surface area contributed by atoms with Gasteiger partial charge in [0, 0.05) is 30.8 Å². The van der Waals surface area contributed by atoms with Crippen molar-refractivity contribution in [2.75, 3.05) is 19.7 Å². The fourth-order valence-electron chi connectivity index (χ4n) is 3.66. The third kappa shape index (κ3) is 4.66. The maximum absolute atomic E-state index is 12.8. The normalized spacial score (nSPS) is 11.3. The molecule has 1 aromatic heterocycles. The van der Waals surface area contributed by atoms with E-state index in [-0.39, 0.29) is 5.91 Å². The number of hydrogen-bond acceptors (Lipinski definition) is 3. The minimum atomic E-state index is 0.0567. The molecule has 0 aliphatic heterocycles. The van der Waals surface area contributed by atoms with Crippen molar-refractivity contribution in [3.63, 3.8) is 0 Å². The average Bonchev–Trinajstić information content (AvgIpc) is 3.11. The van der Waals surface area contributed by atoms with Crippen LogP contribution < -0.4 is 4.74 Å². The van der Waals surface area contributed by atoms with Crippen molar-refractivity contribution in [2.45, 2.75) is 47.6 Å². The van der Waals surface area contributed by atoms with E-state index in [1.807, 2.05) is 56.0 Å². The van der Waals surface area contributed by atoms with Gasteiger partial charge < -0.3 is 14.2 Å². The van der Waals surface area contributed by atoms with E-state index in [2.05, 4.69) is 30.5 Å². The van der Waals surface area contributed by atoms with E-state index in [0.29, 0.717) is 31.2 Å². The lowest BCUT2D eigenvalue weighted by Gasteiger charge is -2.18. The number of aromatic nitrogens is 2. The number of fused-ring (bicyclic) bond motifs is 1. The average molecular weight is 408 g/mol. The second-order valence-corrected chi connectivity index (χ2v) is 7.91. The van der Waals surface area contributed by atoms with Crippen LogP contribution in [0.25, 0.3) is 22.4 Å². The summed E-state index contributed by atoms with van der Waals surface area (Å²) in [6, 6.07) is 14.0. The lowest BCUT2D eigenvalue weighted by Crippen LogP contribution is -2.30. The molecular weight excluding hydrogens is 374 g/mol. The summed E-state index contributed by atoms with van der Waals surface area (Å²) >= 11 is 0. The summed E-state index contributed by atoms with van der Waals surface area (Å²) in [7, 11) is 0. The van der Waals surface area contributed by atoms with Crippen LogP contribution in [-0.4, -0.2) is 40.1 Å². The molecular formula is C25H33N3O2. The quantitative estimate of drug-likeness (QED) is 0.462. The highest BCUT2D eigenvalue weighted by Gasteiger charge is 2.17. The maximum Gasteiger partial charge on any atom is 0.253 e. The molecule has 160 valence electrons. The molecule has 3 rings (SSSR count). The Labute approximate surface area is 179 Å². The molecule has 0 fully saturated rings. The summed E-state index contributed by atoms with van der Waals surface area (Å²) in [5.41, 5.74) is 3.67. The maximum atomic E-state index is 12.8. The van der Waals surface area contributed by atoms with Gasteiger partial charge >= 0.3 is 0 Å². The molecule has 0 bridgehead atoms. The van der Waals surface area contributed by atoms with Crippen molar-refractivity contribution in [3.8, 4) is 17.1 Å². The van der Waals surface area contributed by atoms with Gasteiger partial charge in [-0.2, -0.15) is 0 Å². The van der Waals surface area contributed by atoms with Crippen molar-refractivity contribution in [3.05, 3.63) is 48.0 Å². The lowest BCUT2D eigenvalue weighted by atomic mass is 10.1. The van der Waals surface area contributed by atoms with Crippen LogP contribution in [0.2, 0.25) is 0 Å². The summed E-state index contributed by atoms with van der Waals surface area (Å²) in [5, 5.41) is 0. The van der Waals surface area contributed by atoms with Crippen LogP contribution in [0.15, 0.2) is 42.5 Å². The Balaban J connectivity index is 2.05. The molecule has 0 spiro atoms. The Morgan fingerprint density at radius 2 is 1.77 bits per heavy atom. The van der Waals surface area contributed by atoms with Crippen LogP contribution in [0, 0.1) is 5.92 Å². The minimum absolute atomic E-state index is 0.0567. The third-order valence-corrected chi connectivity index (χ3v) is 5.40. The molecule has 0 aliphatic carbocycles. The number of ether oxygens (including phenoxy) is 1. The Morgan fingerprint density at radius 1 is 1.07 bits per heavy atom. The Bertz CT molecular complexity index is 986. The first-order chi connectivity index (χ1) is 14.5. The van der Waals surface area contributed by atoms with Crippen LogP contribution in [0.4, 0.5) is 0 Å². The van der Waals surface area contributed by atoms with Gasteiger partial charge in [-0.15, -0.1) is 0 Å². The Morgan fingerprint density at radius 3 is 2.37 bits per heavy atom. The van der Waals surface area contributed by atoms with Crippen molar-refractivity contribution in [1.82, 2.24) is 14.5 Å². The second-order valence-electron chi connectivity index (χ2n) is 7.91. The summed E-state index contributed by atoms with van der Waals surface area (Å²) in [6.07, 6.45) is 1.07. The van der Waals surface area contributed by atoms with Gasteiger partial charge in [0.15, 0.2) is 0 Å². The predicted molar refractivity (Wildman–Crippen MR) is 123 cm³/mol. The number of hydrogen-bond donors (Lipinski definition) is 0. The Kier molecular flexibility index (Phi) is 7.14. The summed E-state index contributed by atoms with van der Waals surface area (Å²) in [4.78, 5) is 19.6. The third-order valence-electron chi connectivity index (χ3n) is 5.40. The van der Waals surface area contributed by atoms with Gasteiger partial charge in [-0.1, -0.05) is 13.8 Å². The van der Waals surface area contributed by atoms with E-state index < -0.39 is 0 Å². The molecule has 5 nitrogen and oxygen atoms in total. The molecule has 1 heterocycles. The topological polar surface area (TPSA) is 47.4 Å². The van der Waals surface area contributed by atoms with Crippen LogP contribution in [0.1, 0.15) is 51.4 Å². The number of aryl methyl sites for hydroxylation is 1. The fraction of sp³-hybridized carbons (Fsp3) is 0.440. The molecule has 0 saturated carbocycles. The van der Waals surface area contributed by atoms with E-state index in [9.17, 15) is 4.79 Å². The minimum Gasteiger partial charge on any atom is -0.494 e. The van der Waals surface area contributed by atoms with Crippen LogP contribution in [0.3, 0.4) is 0 Å². The highest BCUT2D eigenvalue weighted by Crippen LogP contribution is 2.28. The van der Waals surface area contributed by atoms with Gasteiger partial charge in [0.2, 0.25) is 0 Å². The smallest absolute Gasteiger partial charge is 0.253 e. The number of nitrogens with zero attached hydrogens (tertiary/aromatic N) is 3. The van der Waals surface area contributed by atoms with Crippen molar-refractivity contribution >= 4 is 16.9 Å². The van der Waals surface area contributed by atoms with Crippen LogP contribution in [0.5, 0.6) is 5.75 Å². The van der Waals surface area contributed by atoms with Gasteiger partial charge in [0.1, 0.15) is 11.6 Å². The van der Waals surface area contributed by atoms with Crippen molar-refractivity contribution in [1.29, 1.82) is 0 Å². The zero-order chi connectivity index (χ0) is 21.7. The predicted octanol–water partition coefficient (Wildman–Crippen LogP) is 5.63. The Hall–Kier alpha value is -2.82. The second kappa shape index (κ2) is 9.79. The van der Waals surface area contributed by atoms with Crippen LogP contribution >= 0.6 is 0 Å². The summed E-state index contributed by atoms with van der Waals surface area (Å²) in [5.74, 6) is 2.44. The largest absolute Gasteiger partial charge is 0.494 e. The monoisotopic (exact) mass is 407 g/mol. The van der Waals surface area contributed by atoms with E-state index in [1.54, 1.807) is 0 Å². The van der Waals surface area contributed by atoms with Gasteiger partial charge in [-0.25, -0.2) is 4.98 Å². The van der Waals surface area contributed by atoms with E-state index in [4.69, 9.17) is 9.72 Å². The molecule has 30 heavy (non-hydrogen) atoms. The fourth-order valence-corrected chi connectivity index (χ4v) is 3.66. The zero-order valence-electron chi connectivity index (χ0n) is 18.8. The molecule has 0 saturated heterocycles. The van der Waals surface area contributed by atoms with E-state index in [0.717, 1.165) is 41.1 Å². The number of carbonyl (C=O) groups is 1.